The van der Waals surface area contributed by atoms with E-state index in [2.05, 4.69) is 25.8 Å². The Morgan fingerprint density at radius 2 is 2.36 bits per heavy atom. The molecule has 1 fully saturated rings. The molecule has 2 heterocycles. The normalized spacial score (nSPS) is 16.9. The lowest BCUT2D eigenvalue weighted by atomic mass is 10.1. The van der Waals surface area contributed by atoms with E-state index in [0.717, 1.165) is 30.0 Å². The molecular weight excluding hydrogens is 244 g/mol. The topological polar surface area (TPSA) is 25.4 Å². The number of hydrogen-bond acceptors (Lipinski definition) is 3. The molecule has 1 aliphatic heterocycles. The van der Waals surface area contributed by atoms with Gasteiger partial charge in [0.2, 0.25) is 0 Å². The van der Waals surface area contributed by atoms with Crippen LogP contribution in [0.2, 0.25) is 0 Å². The van der Waals surface area contributed by atoms with Crippen molar-refractivity contribution >= 4 is 21.7 Å². The quantitative estimate of drug-likeness (QED) is 0.828. The highest BCUT2D eigenvalue weighted by molar-refractivity contribution is 9.10. The zero-order valence-electron chi connectivity index (χ0n) is 8.11. The van der Waals surface area contributed by atoms with Crippen LogP contribution in [-0.2, 0) is 4.74 Å². The smallest absolute Gasteiger partial charge is 0.128 e. The fraction of sp³-hybridized carbons (Fsp3) is 0.500. The van der Waals surface area contributed by atoms with Gasteiger partial charge in [-0.3, -0.25) is 0 Å². The summed E-state index contributed by atoms with van der Waals surface area (Å²) >= 11 is 3.37. The lowest BCUT2D eigenvalue weighted by molar-refractivity contribution is 0.0427. The first-order valence-corrected chi connectivity index (χ1v) is 5.57. The maximum Gasteiger partial charge on any atom is 0.128 e. The summed E-state index contributed by atoms with van der Waals surface area (Å²) in [4.78, 5) is 6.53. The van der Waals surface area contributed by atoms with E-state index in [4.69, 9.17) is 4.74 Å². The van der Waals surface area contributed by atoms with Gasteiger partial charge in [-0.15, -0.1) is 0 Å². The van der Waals surface area contributed by atoms with Crippen LogP contribution in [0.25, 0.3) is 0 Å². The fourth-order valence-corrected chi connectivity index (χ4v) is 1.76. The molecule has 0 bridgehead atoms. The summed E-state index contributed by atoms with van der Waals surface area (Å²) in [6.45, 7) is 4.75. The van der Waals surface area contributed by atoms with Crippen LogP contribution in [0, 0.1) is 0 Å². The summed E-state index contributed by atoms with van der Waals surface area (Å²) in [6, 6.07) is 4.03. The van der Waals surface area contributed by atoms with Crippen molar-refractivity contribution < 1.29 is 4.74 Å². The first-order valence-electron chi connectivity index (χ1n) is 4.77. The second-order valence-electron chi connectivity index (χ2n) is 3.32. The van der Waals surface area contributed by atoms with E-state index >= 15 is 0 Å². The molecule has 0 saturated carbocycles. The van der Waals surface area contributed by atoms with E-state index in [9.17, 15) is 0 Å². The lowest BCUT2D eigenvalue weighted by Gasteiger charge is -2.39. The summed E-state index contributed by atoms with van der Waals surface area (Å²) in [7, 11) is 0. The average molecular weight is 257 g/mol. The van der Waals surface area contributed by atoms with Crippen LogP contribution in [0.4, 0.5) is 5.82 Å². The number of nitrogens with zero attached hydrogens (tertiary/aromatic N) is 2. The average Bonchev–Trinajstić information content (AvgIpc) is 2.13. The Hall–Kier alpha value is -0.610. The van der Waals surface area contributed by atoms with E-state index in [1.165, 1.54) is 0 Å². The van der Waals surface area contributed by atoms with Crippen molar-refractivity contribution in [1.29, 1.82) is 0 Å². The SMILES string of the molecule is CCOC1CN(c2ccc(Br)cn2)C1. The van der Waals surface area contributed by atoms with Crippen LogP contribution in [0.3, 0.4) is 0 Å². The summed E-state index contributed by atoms with van der Waals surface area (Å²) in [6.07, 6.45) is 2.22. The predicted molar refractivity (Wildman–Crippen MR) is 59.6 cm³/mol. The predicted octanol–water partition coefficient (Wildman–Crippen LogP) is 2.07. The highest BCUT2D eigenvalue weighted by atomic mass is 79.9. The van der Waals surface area contributed by atoms with E-state index in [1.807, 2.05) is 25.3 Å². The molecule has 4 heteroatoms. The summed E-state index contributed by atoms with van der Waals surface area (Å²) in [5.41, 5.74) is 0. The molecule has 0 aromatic carbocycles. The Morgan fingerprint density at radius 3 is 2.93 bits per heavy atom. The largest absolute Gasteiger partial charge is 0.375 e. The van der Waals surface area contributed by atoms with Crippen LogP contribution in [0.15, 0.2) is 22.8 Å². The minimum atomic E-state index is 0.394. The second-order valence-corrected chi connectivity index (χ2v) is 4.23. The second kappa shape index (κ2) is 4.28. The molecule has 0 amide bonds. The lowest BCUT2D eigenvalue weighted by Crippen LogP contribution is -2.52. The number of halogens is 1. The Bertz CT molecular complexity index is 295. The molecule has 1 saturated heterocycles. The van der Waals surface area contributed by atoms with E-state index < -0.39 is 0 Å². The molecule has 1 aromatic rings. The standard InChI is InChI=1S/C10H13BrN2O/c1-2-14-9-6-13(7-9)10-4-3-8(11)5-12-10/h3-5,9H,2,6-7H2,1H3. The first kappa shape index (κ1) is 9.93. The van der Waals surface area contributed by atoms with Crippen LogP contribution in [0.1, 0.15) is 6.92 Å². The van der Waals surface area contributed by atoms with Crippen molar-refractivity contribution in [3.8, 4) is 0 Å². The maximum atomic E-state index is 5.47. The molecule has 1 aromatic heterocycles. The van der Waals surface area contributed by atoms with Gasteiger partial charge in [0.1, 0.15) is 5.82 Å². The van der Waals surface area contributed by atoms with Gasteiger partial charge < -0.3 is 9.64 Å². The van der Waals surface area contributed by atoms with E-state index in [-0.39, 0.29) is 0 Å². The molecule has 0 aliphatic carbocycles. The molecule has 0 radical (unpaired) electrons. The zero-order valence-corrected chi connectivity index (χ0v) is 9.70. The molecule has 76 valence electrons. The van der Waals surface area contributed by atoms with Gasteiger partial charge in [0, 0.05) is 30.4 Å². The molecule has 0 spiro atoms. The molecule has 2 rings (SSSR count). The van der Waals surface area contributed by atoms with Gasteiger partial charge in [0.15, 0.2) is 0 Å². The fourth-order valence-electron chi connectivity index (χ4n) is 1.52. The van der Waals surface area contributed by atoms with Gasteiger partial charge in [-0.25, -0.2) is 4.98 Å². The van der Waals surface area contributed by atoms with Crippen molar-refractivity contribution in [1.82, 2.24) is 4.98 Å². The maximum absolute atomic E-state index is 5.47. The first-order chi connectivity index (χ1) is 6.79. The molecule has 14 heavy (non-hydrogen) atoms. The summed E-state index contributed by atoms with van der Waals surface area (Å²) < 4.78 is 6.49. The number of aromatic nitrogens is 1. The van der Waals surface area contributed by atoms with Crippen LogP contribution >= 0.6 is 15.9 Å². The van der Waals surface area contributed by atoms with Gasteiger partial charge in [-0.2, -0.15) is 0 Å². The van der Waals surface area contributed by atoms with Crippen molar-refractivity contribution in [3.05, 3.63) is 22.8 Å². The zero-order chi connectivity index (χ0) is 9.97. The Balaban J connectivity index is 1.90. The van der Waals surface area contributed by atoms with Gasteiger partial charge in [-0.05, 0) is 35.0 Å². The number of pyridine rings is 1. The minimum Gasteiger partial charge on any atom is -0.375 e. The van der Waals surface area contributed by atoms with Gasteiger partial charge in [0.25, 0.3) is 0 Å². The van der Waals surface area contributed by atoms with Crippen LogP contribution in [0.5, 0.6) is 0 Å². The Morgan fingerprint density at radius 1 is 1.57 bits per heavy atom. The van der Waals surface area contributed by atoms with Gasteiger partial charge in [0.05, 0.1) is 6.10 Å². The molecule has 3 nitrogen and oxygen atoms in total. The molecule has 0 N–H and O–H groups in total. The number of ether oxygens (including phenoxy) is 1. The molecule has 0 unspecified atom stereocenters. The number of rotatable bonds is 3. The Labute approximate surface area is 92.2 Å². The van der Waals surface area contributed by atoms with Crippen LogP contribution in [-0.4, -0.2) is 30.8 Å². The molecule has 1 aliphatic rings. The third-order valence-electron chi connectivity index (χ3n) is 2.29. The summed E-state index contributed by atoms with van der Waals surface area (Å²) in [5.74, 6) is 1.03. The highest BCUT2D eigenvalue weighted by Crippen LogP contribution is 2.21. The van der Waals surface area contributed by atoms with Crippen molar-refractivity contribution in [2.75, 3.05) is 24.6 Å². The minimum absolute atomic E-state index is 0.394. The van der Waals surface area contributed by atoms with Crippen molar-refractivity contribution in [3.63, 3.8) is 0 Å². The van der Waals surface area contributed by atoms with Crippen molar-refractivity contribution in [2.24, 2.45) is 0 Å². The van der Waals surface area contributed by atoms with Crippen LogP contribution < -0.4 is 4.90 Å². The third kappa shape index (κ3) is 2.07. The van der Waals surface area contributed by atoms with E-state index in [1.54, 1.807) is 0 Å². The van der Waals surface area contributed by atoms with Gasteiger partial charge >= 0.3 is 0 Å². The molecular formula is C10H13BrN2O. The number of hydrogen-bond donors (Lipinski definition) is 0. The third-order valence-corrected chi connectivity index (χ3v) is 2.76. The monoisotopic (exact) mass is 256 g/mol. The van der Waals surface area contributed by atoms with Crippen molar-refractivity contribution in [2.45, 2.75) is 13.0 Å². The Kier molecular flexibility index (Phi) is 3.03. The molecule has 0 atom stereocenters. The highest BCUT2D eigenvalue weighted by Gasteiger charge is 2.27. The van der Waals surface area contributed by atoms with Gasteiger partial charge in [-0.1, -0.05) is 0 Å². The number of anilines is 1. The van der Waals surface area contributed by atoms with E-state index in [0.29, 0.717) is 6.10 Å². The summed E-state index contributed by atoms with van der Waals surface area (Å²) in [5, 5.41) is 0.